The summed E-state index contributed by atoms with van der Waals surface area (Å²) >= 11 is 0. The lowest BCUT2D eigenvalue weighted by Crippen LogP contribution is -2.52. The minimum Gasteiger partial charge on any atom is -0.339 e. The molecule has 6 nitrogen and oxygen atoms in total. The van der Waals surface area contributed by atoms with Crippen LogP contribution in [0.15, 0.2) is 12.4 Å². The fraction of sp³-hybridized carbons (Fsp3) is 0.667. The summed E-state index contributed by atoms with van der Waals surface area (Å²) in [7, 11) is 0. The number of hydrogen-bond donors (Lipinski definition) is 1. The molecule has 0 spiro atoms. The molecule has 2 heterocycles. The molecule has 2 rings (SSSR count). The van der Waals surface area contributed by atoms with Gasteiger partial charge in [-0.05, 0) is 6.92 Å². The van der Waals surface area contributed by atoms with E-state index >= 15 is 0 Å². The van der Waals surface area contributed by atoms with Crippen LogP contribution in [0.25, 0.3) is 0 Å². The van der Waals surface area contributed by atoms with Crippen molar-refractivity contribution in [3.05, 3.63) is 18.2 Å². The molecule has 0 aromatic carbocycles. The predicted octanol–water partition coefficient (Wildman–Crippen LogP) is 0.270. The van der Waals surface area contributed by atoms with E-state index in [4.69, 9.17) is 5.73 Å². The van der Waals surface area contributed by atoms with E-state index < -0.39 is 12.6 Å². The summed E-state index contributed by atoms with van der Waals surface area (Å²) < 4.78 is 26.3. The Morgan fingerprint density at radius 3 is 2.60 bits per heavy atom. The third-order valence-corrected chi connectivity index (χ3v) is 3.40. The highest BCUT2D eigenvalue weighted by molar-refractivity contribution is 5.81. The molecular weight excluding hydrogens is 268 g/mol. The SMILES string of the molecule is C[C@@H](N)C(=O)N1CCN(Cc2nccn2C(F)F)CC1. The molecule has 0 radical (unpaired) electrons. The van der Waals surface area contributed by atoms with Crippen molar-refractivity contribution in [1.29, 1.82) is 0 Å². The smallest absolute Gasteiger partial charge is 0.319 e. The lowest BCUT2D eigenvalue weighted by Gasteiger charge is -2.35. The number of rotatable bonds is 4. The van der Waals surface area contributed by atoms with Gasteiger partial charge in [-0.1, -0.05) is 0 Å². The van der Waals surface area contributed by atoms with Crippen molar-refractivity contribution in [2.24, 2.45) is 5.73 Å². The quantitative estimate of drug-likeness (QED) is 0.863. The van der Waals surface area contributed by atoms with Crippen molar-refractivity contribution in [2.75, 3.05) is 26.2 Å². The topological polar surface area (TPSA) is 67.4 Å². The van der Waals surface area contributed by atoms with Crippen LogP contribution in [0.1, 0.15) is 19.3 Å². The summed E-state index contributed by atoms with van der Waals surface area (Å²) in [5.41, 5.74) is 5.56. The molecule has 112 valence electrons. The molecule has 1 fully saturated rings. The van der Waals surface area contributed by atoms with Crippen LogP contribution in [-0.2, 0) is 11.3 Å². The minimum absolute atomic E-state index is 0.0706. The first-order chi connectivity index (χ1) is 9.49. The van der Waals surface area contributed by atoms with E-state index in [0.717, 1.165) is 4.57 Å². The zero-order chi connectivity index (χ0) is 14.7. The molecule has 1 aromatic rings. The van der Waals surface area contributed by atoms with Crippen molar-refractivity contribution in [3.8, 4) is 0 Å². The Bertz CT molecular complexity index is 454. The van der Waals surface area contributed by atoms with Gasteiger partial charge in [-0.25, -0.2) is 4.98 Å². The molecule has 1 aliphatic rings. The Labute approximate surface area is 116 Å². The second-order valence-electron chi connectivity index (χ2n) is 4.92. The number of piperazine rings is 1. The van der Waals surface area contributed by atoms with Crippen molar-refractivity contribution in [1.82, 2.24) is 19.4 Å². The highest BCUT2D eigenvalue weighted by atomic mass is 19.3. The fourth-order valence-electron chi connectivity index (χ4n) is 2.26. The minimum atomic E-state index is -2.58. The Morgan fingerprint density at radius 2 is 2.05 bits per heavy atom. The number of hydrogen-bond acceptors (Lipinski definition) is 4. The average molecular weight is 287 g/mol. The number of carbonyl (C=O) groups is 1. The van der Waals surface area contributed by atoms with E-state index in [0.29, 0.717) is 38.5 Å². The van der Waals surface area contributed by atoms with Gasteiger partial charge >= 0.3 is 6.55 Å². The lowest BCUT2D eigenvalue weighted by molar-refractivity contribution is -0.134. The van der Waals surface area contributed by atoms with E-state index in [9.17, 15) is 13.6 Å². The molecule has 1 aromatic heterocycles. The Balaban J connectivity index is 1.88. The van der Waals surface area contributed by atoms with Crippen LogP contribution in [0.3, 0.4) is 0 Å². The summed E-state index contributed by atoms with van der Waals surface area (Å²) in [6, 6.07) is -0.501. The number of aromatic nitrogens is 2. The maximum atomic E-state index is 12.7. The maximum absolute atomic E-state index is 12.7. The number of carbonyl (C=O) groups excluding carboxylic acids is 1. The monoisotopic (exact) mass is 287 g/mol. The molecule has 0 unspecified atom stereocenters. The summed E-state index contributed by atoms with van der Waals surface area (Å²) in [5.74, 6) is 0.269. The van der Waals surface area contributed by atoms with E-state index in [2.05, 4.69) is 4.98 Å². The molecule has 1 saturated heterocycles. The highest BCUT2D eigenvalue weighted by Gasteiger charge is 2.24. The summed E-state index contributed by atoms with van der Waals surface area (Å²) in [6.45, 7) is 1.84. The van der Waals surface area contributed by atoms with Crippen molar-refractivity contribution < 1.29 is 13.6 Å². The van der Waals surface area contributed by atoms with E-state index in [-0.39, 0.29) is 5.91 Å². The van der Waals surface area contributed by atoms with Crippen LogP contribution in [-0.4, -0.2) is 57.5 Å². The van der Waals surface area contributed by atoms with Crippen LogP contribution in [0, 0.1) is 0 Å². The number of halogens is 2. The van der Waals surface area contributed by atoms with Crippen LogP contribution < -0.4 is 5.73 Å². The molecule has 0 saturated carbocycles. The number of imidazole rings is 1. The van der Waals surface area contributed by atoms with Gasteiger partial charge in [-0.15, -0.1) is 0 Å². The van der Waals surface area contributed by atoms with E-state index in [1.54, 1.807) is 11.8 Å². The van der Waals surface area contributed by atoms with Crippen LogP contribution in [0.5, 0.6) is 0 Å². The first-order valence-corrected chi connectivity index (χ1v) is 6.55. The van der Waals surface area contributed by atoms with Gasteiger partial charge in [-0.2, -0.15) is 8.78 Å². The Kier molecular flexibility index (Phi) is 4.66. The molecule has 0 bridgehead atoms. The second kappa shape index (κ2) is 6.27. The predicted molar refractivity (Wildman–Crippen MR) is 69.0 cm³/mol. The van der Waals surface area contributed by atoms with Crippen molar-refractivity contribution in [3.63, 3.8) is 0 Å². The summed E-state index contributed by atoms with van der Waals surface area (Å²) in [6.07, 6.45) is 2.65. The molecule has 1 aliphatic heterocycles. The van der Waals surface area contributed by atoms with E-state index in [1.807, 2.05) is 4.90 Å². The van der Waals surface area contributed by atoms with Gasteiger partial charge in [0.2, 0.25) is 5.91 Å². The first-order valence-electron chi connectivity index (χ1n) is 6.55. The normalized spacial score (nSPS) is 18.6. The number of amides is 1. The molecular formula is C12H19F2N5O. The molecule has 2 N–H and O–H groups in total. The number of alkyl halides is 2. The van der Waals surface area contributed by atoms with E-state index in [1.165, 1.54) is 12.4 Å². The van der Waals surface area contributed by atoms with Gasteiger partial charge < -0.3 is 10.6 Å². The first kappa shape index (κ1) is 14.9. The summed E-state index contributed by atoms with van der Waals surface area (Å²) in [5, 5.41) is 0. The van der Waals surface area contributed by atoms with Gasteiger partial charge in [0, 0.05) is 38.6 Å². The second-order valence-corrected chi connectivity index (χ2v) is 4.92. The standard InChI is InChI=1S/C12H19F2N5O/c1-9(15)11(20)18-6-4-17(5-7-18)8-10-16-2-3-19(10)12(13)14/h2-3,9,12H,4-8,15H2,1H3/t9-/m1/s1. The number of nitrogens with zero attached hydrogens (tertiary/aromatic N) is 4. The molecule has 1 amide bonds. The lowest BCUT2D eigenvalue weighted by atomic mass is 10.2. The van der Waals surface area contributed by atoms with Crippen LogP contribution >= 0.6 is 0 Å². The maximum Gasteiger partial charge on any atom is 0.319 e. The van der Waals surface area contributed by atoms with Gasteiger partial charge in [0.15, 0.2) is 0 Å². The van der Waals surface area contributed by atoms with Gasteiger partial charge in [0.05, 0.1) is 12.6 Å². The number of nitrogens with two attached hydrogens (primary N) is 1. The zero-order valence-electron chi connectivity index (χ0n) is 11.4. The van der Waals surface area contributed by atoms with Gasteiger partial charge in [0.1, 0.15) is 5.82 Å². The third-order valence-electron chi connectivity index (χ3n) is 3.40. The zero-order valence-corrected chi connectivity index (χ0v) is 11.4. The average Bonchev–Trinajstić information content (AvgIpc) is 2.87. The molecule has 1 atom stereocenters. The summed E-state index contributed by atoms with van der Waals surface area (Å²) in [4.78, 5) is 19.4. The molecule has 20 heavy (non-hydrogen) atoms. The van der Waals surface area contributed by atoms with Crippen molar-refractivity contribution >= 4 is 5.91 Å². The highest BCUT2D eigenvalue weighted by Crippen LogP contribution is 2.15. The third kappa shape index (κ3) is 3.31. The van der Waals surface area contributed by atoms with Crippen molar-refractivity contribution in [2.45, 2.75) is 26.1 Å². The molecule has 0 aliphatic carbocycles. The van der Waals surface area contributed by atoms with Crippen LogP contribution in [0.2, 0.25) is 0 Å². The largest absolute Gasteiger partial charge is 0.339 e. The van der Waals surface area contributed by atoms with Gasteiger partial charge in [-0.3, -0.25) is 14.3 Å². The van der Waals surface area contributed by atoms with Crippen LogP contribution in [0.4, 0.5) is 8.78 Å². The molecule has 8 heteroatoms. The Morgan fingerprint density at radius 1 is 1.40 bits per heavy atom. The Hall–Kier alpha value is -1.54. The fourth-order valence-corrected chi connectivity index (χ4v) is 2.26. The van der Waals surface area contributed by atoms with Gasteiger partial charge in [0.25, 0.3) is 0 Å².